The Balaban J connectivity index is 1.57. The van der Waals surface area contributed by atoms with Crippen molar-refractivity contribution in [3.05, 3.63) is 46.4 Å². The highest BCUT2D eigenvalue weighted by molar-refractivity contribution is 7.80. The molecule has 1 saturated heterocycles. The van der Waals surface area contributed by atoms with Crippen molar-refractivity contribution >= 4 is 46.9 Å². The molecule has 0 radical (unpaired) electrons. The topological polar surface area (TPSA) is 134 Å². The van der Waals surface area contributed by atoms with E-state index < -0.39 is 17.4 Å². The Kier molecular flexibility index (Phi) is 5.25. The molecule has 0 aliphatic carbocycles. The average Bonchev–Trinajstić information content (AvgIpc) is 3.10. The molecule has 0 spiro atoms. The van der Waals surface area contributed by atoms with E-state index in [1.54, 1.807) is 17.0 Å². The van der Waals surface area contributed by atoms with Gasteiger partial charge in [0.25, 0.3) is 11.3 Å². The molecule has 4 rings (SSSR count). The first-order chi connectivity index (χ1) is 14.3. The Bertz CT molecular complexity index is 1190. The molecule has 3 heterocycles. The van der Waals surface area contributed by atoms with Crippen molar-refractivity contribution in [3.8, 4) is 0 Å². The van der Waals surface area contributed by atoms with E-state index in [1.807, 2.05) is 13.0 Å². The number of pyridine rings is 1. The molecular formula is C20H21N5O4S. The number of nitrogens with two attached hydrogens (primary N) is 1. The first-order valence-electron chi connectivity index (χ1n) is 9.51. The lowest BCUT2D eigenvalue weighted by atomic mass is 9.89. The predicted octanol–water partition coefficient (Wildman–Crippen LogP) is 2.33. The summed E-state index contributed by atoms with van der Waals surface area (Å²) >= 11 is 4.30. The number of fused-ring (bicyclic) bond motifs is 1. The van der Waals surface area contributed by atoms with Crippen LogP contribution in [0.5, 0.6) is 0 Å². The average molecular weight is 427 g/mol. The van der Waals surface area contributed by atoms with Crippen LogP contribution in [-0.4, -0.2) is 33.4 Å². The lowest BCUT2D eigenvalue weighted by Crippen LogP contribution is -2.46. The van der Waals surface area contributed by atoms with Crippen LogP contribution < -0.4 is 16.6 Å². The summed E-state index contributed by atoms with van der Waals surface area (Å²) < 4.78 is 4.89. The molecule has 9 nitrogen and oxygen atoms in total. The number of hydrogen-bond acceptors (Lipinski definition) is 7. The fraction of sp³-hybridized carbons (Fsp3) is 0.300. The number of nitrogens with one attached hydrogen (secondary N) is 2. The second kappa shape index (κ2) is 7.86. The highest BCUT2D eigenvalue weighted by Gasteiger charge is 2.34. The number of piperidine rings is 1. The maximum Gasteiger partial charge on any atom is 0.313 e. The van der Waals surface area contributed by atoms with Crippen LogP contribution in [0.15, 0.2) is 44.7 Å². The SMILES string of the molecule is C[C@H]1CC[C@H](c2ccc(S)c(N)c2)N(C(=O)C(=O)Nc2cnc3o[nH]c(=O)c3c2)C1. The van der Waals surface area contributed by atoms with Gasteiger partial charge >= 0.3 is 11.8 Å². The molecule has 3 aromatic rings. The molecule has 2 atom stereocenters. The van der Waals surface area contributed by atoms with Crippen LogP contribution in [0.3, 0.4) is 0 Å². The Morgan fingerprint density at radius 1 is 1.33 bits per heavy atom. The van der Waals surface area contributed by atoms with Crippen molar-refractivity contribution in [2.24, 2.45) is 5.92 Å². The number of hydrogen-bond donors (Lipinski definition) is 4. The van der Waals surface area contributed by atoms with Crippen LogP contribution in [0.1, 0.15) is 31.4 Å². The molecule has 2 aromatic heterocycles. The minimum atomic E-state index is -0.797. The molecule has 1 aliphatic heterocycles. The molecule has 4 N–H and O–H groups in total. The van der Waals surface area contributed by atoms with Gasteiger partial charge in [-0.15, -0.1) is 12.6 Å². The van der Waals surface area contributed by atoms with E-state index in [9.17, 15) is 14.4 Å². The van der Waals surface area contributed by atoms with Gasteiger partial charge in [0.05, 0.1) is 17.9 Å². The van der Waals surface area contributed by atoms with E-state index in [1.165, 1.54) is 12.3 Å². The maximum atomic E-state index is 13.0. The zero-order valence-corrected chi connectivity index (χ0v) is 17.1. The fourth-order valence-corrected chi connectivity index (χ4v) is 3.87. The Hall–Kier alpha value is -3.27. The van der Waals surface area contributed by atoms with Gasteiger partial charge in [-0.1, -0.05) is 13.0 Å². The Labute approximate surface area is 177 Å². The minimum absolute atomic E-state index is 0.125. The van der Waals surface area contributed by atoms with Crippen molar-refractivity contribution in [2.45, 2.75) is 30.7 Å². The number of rotatable bonds is 2. The van der Waals surface area contributed by atoms with Crippen LogP contribution in [0, 0.1) is 5.92 Å². The van der Waals surface area contributed by atoms with Crippen LogP contribution in [-0.2, 0) is 9.59 Å². The lowest BCUT2D eigenvalue weighted by molar-refractivity contribution is -0.146. The van der Waals surface area contributed by atoms with Gasteiger partial charge in [0.2, 0.25) is 0 Å². The van der Waals surface area contributed by atoms with Gasteiger partial charge in [0, 0.05) is 17.1 Å². The zero-order chi connectivity index (χ0) is 21.4. The number of carbonyl (C=O) groups excluding carboxylic acids is 2. The normalized spacial score (nSPS) is 19.1. The van der Waals surface area contributed by atoms with Gasteiger partial charge in [-0.3, -0.25) is 14.4 Å². The lowest BCUT2D eigenvalue weighted by Gasteiger charge is -2.38. The van der Waals surface area contributed by atoms with Crippen molar-refractivity contribution in [1.29, 1.82) is 0 Å². The number of nitrogen functional groups attached to an aromatic ring is 1. The van der Waals surface area contributed by atoms with Crippen molar-refractivity contribution in [3.63, 3.8) is 0 Å². The maximum absolute atomic E-state index is 13.0. The zero-order valence-electron chi connectivity index (χ0n) is 16.2. The molecule has 1 fully saturated rings. The van der Waals surface area contributed by atoms with Gasteiger partial charge in [-0.05, 0) is 42.5 Å². The van der Waals surface area contributed by atoms with E-state index in [4.69, 9.17) is 10.3 Å². The number of anilines is 2. The number of H-pyrrole nitrogens is 1. The molecule has 0 unspecified atom stereocenters. The van der Waals surface area contributed by atoms with Crippen molar-refractivity contribution in [2.75, 3.05) is 17.6 Å². The van der Waals surface area contributed by atoms with Crippen LogP contribution in [0.2, 0.25) is 0 Å². The summed E-state index contributed by atoms with van der Waals surface area (Å²) in [4.78, 5) is 43.6. The highest BCUT2D eigenvalue weighted by Crippen LogP contribution is 2.35. The molecule has 156 valence electrons. The number of benzene rings is 1. The third-order valence-electron chi connectivity index (χ3n) is 5.30. The first-order valence-corrected chi connectivity index (χ1v) is 9.95. The number of carbonyl (C=O) groups is 2. The van der Waals surface area contributed by atoms with Crippen molar-refractivity contribution < 1.29 is 14.1 Å². The quantitative estimate of drug-likeness (QED) is 0.282. The third kappa shape index (κ3) is 3.78. The van der Waals surface area contributed by atoms with E-state index in [0.717, 1.165) is 18.4 Å². The van der Waals surface area contributed by atoms with E-state index in [-0.39, 0.29) is 28.7 Å². The van der Waals surface area contributed by atoms with Crippen LogP contribution >= 0.6 is 12.6 Å². The summed E-state index contributed by atoms with van der Waals surface area (Å²) in [6, 6.07) is 6.62. The third-order valence-corrected chi connectivity index (χ3v) is 5.71. The summed E-state index contributed by atoms with van der Waals surface area (Å²) in [5.74, 6) is -1.18. The van der Waals surface area contributed by atoms with Gasteiger partial charge in [-0.2, -0.15) is 5.16 Å². The molecule has 30 heavy (non-hydrogen) atoms. The summed E-state index contributed by atoms with van der Waals surface area (Å²) in [5, 5.41) is 4.89. The number of likely N-dealkylation sites (tertiary alicyclic amines) is 1. The van der Waals surface area contributed by atoms with Gasteiger partial charge < -0.3 is 20.5 Å². The fourth-order valence-electron chi connectivity index (χ4n) is 3.73. The monoisotopic (exact) mass is 427 g/mol. The summed E-state index contributed by atoms with van der Waals surface area (Å²) in [5.41, 5.74) is 7.27. The van der Waals surface area contributed by atoms with E-state index in [0.29, 0.717) is 17.1 Å². The van der Waals surface area contributed by atoms with Crippen LogP contribution in [0.4, 0.5) is 11.4 Å². The Morgan fingerprint density at radius 2 is 2.13 bits per heavy atom. The number of aromatic nitrogens is 2. The van der Waals surface area contributed by atoms with Gasteiger partial charge in [0.1, 0.15) is 5.39 Å². The standard InChI is InChI=1S/C20H21N5O4S/c1-10-2-4-15(11-3-5-16(30)14(21)6-11)25(9-10)20(28)18(27)23-12-7-13-17(26)24-29-19(13)22-8-12/h3,5-8,10,15,30H,2,4,9,21H2,1H3,(H,23,27)(H,24,26)/t10-,15+/m0/s1. The number of aromatic amines is 1. The second-order valence-corrected chi connectivity index (χ2v) is 8.02. The van der Waals surface area contributed by atoms with Gasteiger partial charge in [0.15, 0.2) is 0 Å². The molecule has 1 aromatic carbocycles. The molecule has 1 aliphatic rings. The minimum Gasteiger partial charge on any atom is -0.398 e. The number of nitrogens with zero attached hydrogens (tertiary/aromatic N) is 2. The first kappa shape index (κ1) is 20.0. The van der Waals surface area contributed by atoms with Gasteiger partial charge in [-0.25, -0.2) is 4.98 Å². The largest absolute Gasteiger partial charge is 0.398 e. The van der Waals surface area contributed by atoms with E-state index >= 15 is 0 Å². The summed E-state index contributed by atoms with van der Waals surface area (Å²) in [6.45, 7) is 2.50. The summed E-state index contributed by atoms with van der Waals surface area (Å²) in [6.07, 6.45) is 2.98. The van der Waals surface area contributed by atoms with E-state index in [2.05, 4.69) is 28.1 Å². The molecular weight excluding hydrogens is 406 g/mol. The molecule has 0 bridgehead atoms. The molecule has 10 heteroatoms. The Morgan fingerprint density at radius 3 is 2.90 bits per heavy atom. The smallest absolute Gasteiger partial charge is 0.313 e. The molecule has 2 amide bonds. The highest BCUT2D eigenvalue weighted by atomic mass is 32.1. The summed E-state index contributed by atoms with van der Waals surface area (Å²) in [7, 11) is 0. The second-order valence-electron chi connectivity index (χ2n) is 7.54. The number of thiol groups is 1. The van der Waals surface area contributed by atoms with Crippen LogP contribution in [0.25, 0.3) is 11.1 Å². The predicted molar refractivity (Wildman–Crippen MR) is 114 cm³/mol. The van der Waals surface area contributed by atoms with Crippen molar-refractivity contribution in [1.82, 2.24) is 15.0 Å². The number of amides is 2. The molecule has 0 saturated carbocycles.